The number of sulfonamides is 1. The van der Waals surface area contributed by atoms with Gasteiger partial charge in [-0.2, -0.15) is 5.06 Å². The Hall–Kier alpha value is 0.120. The van der Waals surface area contributed by atoms with Crippen LogP contribution in [-0.4, -0.2) is 37.0 Å². The summed E-state index contributed by atoms with van der Waals surface area (Å²) in [5.41, 5.74) is -0.686. The van der Waals surface area contributed by atoms with Gasteiger partial charge in [0.25, 0.3) is 0 Å². The zero-order chi connectivity index (χ0) is 12.8. The first-order chi connectivity index (χ1) is 6.94. The van der Waals surface area contributed by atoms with Crippen LogP contribution in [0.25, 0.3) is 0 Å². The molecule has 17 heavy (non-hydrogen) atoms. The van der Waals surface area contributed by atoms with E-state index in [1.165, 1.54) is 6.26 Å². The molecule has 0 aromatic heterocycles. The normalized spacial score (nSPS) is 31.6. The van der Waals surface area contributed by atoms with Crippen LogP contribution >= 0.6 is 0 Å². The fraction of sp³-hybridized carbons (Fsp3) is 1.00. The van der Waals surface area contributed by atoms with Gasteiger partial charge in [0.15, 0.2) is 0 Å². The van der Waals surface area contributed by atoms with Crippen molar-refractivity contribution >= 4 is 10.0 Å². The van der Waals surface area contributed by atoms with E-state index in [1.807, 2.05) is 27.7 Å². The summed E-state index contributed by atoms with van der Waals surface area (Å²) in [6, 6.07) is -0.101. The van der Waals surface area contributed by atoms with Crippen molar-refractivity contribution in [3.8, 4) is 0 Å². The third-order valence-corrected chi connectivity index (χ3v) is 3.94. The molecule has 0 unspecified atom stereocenters. The van der Waals surface area contributed by atoms with E-state index in [2.05, 4.69) is 4.72 Å². The number of hydrogen-bond acceptors (Lipinski definition) is 3. The molecule has 0 radical (unpaired) electrons. The molecular weight excluding hydrogens is 264 g/mol. The monoisotopic (exact) mass is 286 g/mol. The highest BCUT2D eigenvalue weighted by atomic mass is 35.5. The lowest BCUT2D eigenvalue weighted by Gasteiger charge is -2.47. The molecule has 0 bridgehead atoms. The number of halogens is 1. The fourth-order valence-corrected chi connectivity index (χ4v) is 3.57. The van der Waals surface area contributed by atoms with Gasteiger partial charge in [0.2, 0.25) is 10.0 Å². The van der Waals surface area contributed by atoms with Crippen molar-refractivity contribution in [3.63, 3.8) is 0 Å². The number of piperidine rings is 1. The predicted octanol–water partition coefficient (Wildman–Crippen LogP) is -3.47. The molecular formula is C10H23ClN2O3S. The summed E-state index contributed by atoms with van der Waals surface area (Å²) >= 11 is 0. The minimum Gasteiger partial charge on any atom is -1.00 e. The Kier molecular flexibility index (Phi) is 5.05. The van der Waals surface area contributed by atoms with E-state index in [9.17, 15) is 13.6 Å². The Bertz CT molecular complexity index is 350. The molecule has 0 saturated carbocycles. The summed E-state index contributed by atoms with van der Waals surface area (Å²) in [7, 11) is -3.18. The van der Waals surface area contributed by atoms with Gasteiger partial charge in [-0.05, 0) is 27.7 Å². The lowest BCUT2D eigenvalue weighted by atomic mass is 9.79. The summed E-state index contributed by atoms with van der Waals surface area (Å²) in [5, 5.41) is 10.6. The Morgan fingerprint density at radius 1 is 1.18 bits per heavy atom. The molecule has 104 valence electrons. The molecule has 1 aliphatic rings. The van der Waals surface area contributed by atoms with Crippen LogP contribution in [-0.2, 0) is 10.0 Å². The van der Waals surface area contributed by atoms with Crippen molar-refractivity contribution in [2.75, 3.05) is 6.26 Å². The Labute approximate surface area is 110 Å². The van der Waals surface area contributed by atoms with Gasteiger partial charge in [-0.1, -0.05) is 0 Å². The molecule has 0 atom stereocenters. The second kappa shape index (κ2) is 5.01. The number of quaternary nitrogens is 1. The zero-order valence-electron chi connectivity index (χ0n) is 11.0. The van der Waals surface area contributed by atoms with Crippen molar-refractivity contribution in [1.29, 1.82) is 0 Å². The Morgan fingerprint density at radius 3 is 1.82 bits per heavy atom. The molecule has 0 aromatic carbocycles. The van der Waals surface area contributed by atoms with Crippen LogP contribution in [0.15, 0.2) is 0 Å². The third kappa shape index (κ3) is 4.37. The summed E-state index contributed by atoms with van der Waals surface area (Å²) in [6.45, 7) is 7.78. The molecule has 1 aliphatic heterocycles. The van der Waals surface area contributed by atoms with Crippen LogP contribution in [0.1, 0.15) is 40.5 Å². The molecule has 1 fully saturated rings. The number of rotatable bonds is 2. The average molecular weight is 287 g/mol. The van der Waals surface area contributed by atoms with E-state index in [1.54, 1.807) is 0 Å². The number of nitrogens with one attached hydrogen (secondary N) is 2. The first-order valence-electron chi connectivity index (χ1n) is 5.48. The maximum Gasteiger partial charge on any atom is 0.208 e. The maximum atomic E-state index is 11.2. The van der Waals surface area contributed by atoms with Crippen molar-refractivity contribution in [2.45, 2.75) is 57.7 Å². The zero-order valence-corrected chi connectivity index (χ0v) is 12.6. The largest absolute Gasteiger partial charge is 1.00 e. The van der Waals surface area contributed by atoms with Crippen LogP contribution in [0, 0.1) is 0 Å². The van der Waals surface area contributed by atoms with Crippen molar-refractivity contribution in [2.24, 2.45) is 0 Å². The van der Waals surface area contributed by atoms with Gasteiger partial charge in [-0.15, -0.1) is 0 Å². The van der Waals surface area contributed by atoms with E-state index in [0.29, 0.717) is 17.9 Å². The summed E-state index contributed by atoms with van der Waals surface area (Å²) < 4.78 is 25.1. The van der Waals surface area contributed by atoms with Crippen molar-refractivity contribution in [3.05, 3.63) is 0 Å². The first-order valence-corrected chi connectivity index (χ1v) is 7.37. The summed E-state index contributed by atoms with van der Waals surface area (Å²) in [6.07, 6.45) is 2.44. The molecule has 0 spiro atoms. The summed E-state index contributed by atoms with van der Waals surface area (Å²) in [4.78, 5) is 0. The van der Waals surface area contributed by atoms with Crippen molar-refractivity contribution < 1.29 is 31.1 Å². The van der Waals surface area contributed by atoms with Crippen LogP contribution in [0.3, 0.4) is 0 Å². The molecule has 7 heteroatoms. The number of hydroxylamine groups is 2. The first kappa shape index (κ1) is 17.1. The standard InChI is InChI=1S/C10H22N2O3S.ClH/c1-9(2)6-8(11-16(5,14)15)7-10(3,4)12(9)13;/h8,11,13H,6-7H2,1-5H3;1H. The van der Waals surface area contributed by atoms with E-state index < -0.39 is 10.0 Å². The van der Waals surface area contributed by atoms with Gasteiger partial charge in [0, 0.05) is 18.9 Å². The van der Waals surface area contributed by atoms with E-state index in [4.69, 9.17) is 0 Å². The maximum absolute atomic E-state index is 11.2. The molecule has 1 heterocycles. The van der Waals surface area contributed by atoms with Crippen LogP contribution in [0.5, 0.6) is 0 Å². The average Bonchev–Trinajstić information content (AvgIpc) is 1.95. The van der Waals surface area contributed by atoms with E-state index >= 15 is 0 Å². The second-order valence-corrected chi connectivity index (χ2v) is 7.89. The van der Waals surface area contributed by atoms with Gasteiger partial charge in [-0.3, -0.25) is 0 Å². The predicted molar refractivity (Wildman–Crippen MR) is 61.9 cm³/mol. The Balaban J connectivity index is 0.00000256. The molecule has 0 aliphatic carbocycles. The van der Waals surface area contributed by atoms with E-state index in [0.717, 1.165) is 0 Å². The lowest BCUT2D eigenvalue weighted by Crippen LogP contribution is -3.25. The van der Waals surface area contributed by atoms with Crippen molar-refractivity contribution in [1.82, 2.24) is 4.72 Å². The van der Waals surface area contributed by atoms with E-state index in [-0.39, 0.29) is 29.5 Å². The van der Waals surface area contributed by atoms with Gasteiger partial charge in [0.1, 0.15) is 11.1 Å². The minimum absolute atomic E-state index is 0. The Morgan fingerprint density at radius 2 is 1.53 bits per heavy atom. The molecule has 0 amide bonds. The highest BCUT2D eigenvalue weighted by Crippen LogP contribution is 2.23. The smallest absolute Gasteiger partial charge is 0.208 e. The highest BCUT2D eigenvalue weighted by molar-refractivity contribution is 7.88. The van der Waals surface area contributed by atoms with Gasteiger partial charge < -0.3 is 12.4 Å². The van der Waals surface area contributed by atoms with Crippen LogP contribution < -0.4 is 22.2 Å². The molecule has 1 saturated heterocycles. The molecule has 5 nitrogen and oxygen atoms in total. The number of hydrogen-bond donors (Lipinski definition) is 3. The minimum atomic E-state index is -3.18. The summed E-state index contributed by atoms with van der Waals surface area (Å²) in [5.74, 6) is 0. The fourth-order valence-electron chi connectivity index (χ4n) is 2.80. The quantitative estimate of drug-likeness (QED) is 0.494. The molecule has 3 N–H and O–H groups in total. The highest BCUT2D eigenvalue weighted by Gasteiger charge is 2.49. The molecule has 1 rings (SSSR count). The van der Waals surface area contributed by atoms with Gasteiger partial charge in [-0.25, -0.2) is 18.3 Å². The van der Waals surface area contributed by atoms with Crippen LogP contribution in [0.4, 0.5) is 0 Å². The SMILES string of the molecule is CC1(C)CC(NS(C)(=O)=O)CC(C)(C)[NH+]1O.[Cl-]. The molecule has 0 aromatic rings. The van der Waals surface area contributed by atoms with Gasteiger partial charge >= 0.3 is 0 Å². The topological polar surface area (TPSA) is 70.8 Å². The third-order valence-electron chi connectivity index (χ3n) is 3.18. The van der Waals surface area contributed by atoms with Gasteiger partial charge in [0.05, 0.1) is 6.26 Å². The lowest BCUT2D eigenvalue weighted by molar-refractivity contribution is -1.16. The van der Waals surface area contributed by atoms with Crippen LogP contribution in [0.2, 0.25) is 0 Å². The second-order valence-electron chi connectivity index (χ2n) is 6.11.